The first kappa shape index (κ1) is 23.0. The molecule has 0 bridgehead atoms. The van der Waals surface area contributed by atoms with Crippen LogP contribution in [0.25, 0.3) is 0 Å². The number of hydrogen-bond donors (Lipinski definition) is 1. The van der Waals surface area contributed by atoms with E-state index in [1.54, 1.807) is 14.2 Å². The Morgan fingerprint density at radius 2 is 1.81 bits per heavy atom. The molecule has 1 fully saturated rings. The predicted octanol–water partition coefficient (Wildman–Crippen LogP) is 3.38. The highest BCUT2D eigenvalue weighted by Crippen LogP contribution is 2.28. The molecule has 1 aliphatic rings. The molecule has 1 heterocycles. The third-order valence-electron chi connectivity index (χ3n) is 5.53. The lowest BCUT2D eigenvalue weighted by Crippen LogP contribution is -2.38. The number of nitrogens with zero attached hydrogens (tertiary/aromatic N) is 2. The summed E-state index contributed by atoms with van der Waals surface area (Å²) in [5.41, 5.74) is 2.32. The van der Waals surface area contributed by atoms with Crippen LogP contribution in [0.3, 0.4) is 0 Å². The lowest BCUT2D eigenvalue weighted by atomic mass is 10.1. The van der Waals surface area contributed by atoms with Gasteiger partial charge in [-0.05, 0) is 61.3 Å². The zero-order valence-electron chi connectivity index (χ0n) is 18.6. The molecule has 3 rings (SSSR count). The molecule has 0 amide bonds. The van der Waals surface area contributed by atoms with Crippen molar-refractivity contribution in [3.8, 4) is 17.2 Å². The topological polar surface area (TPSA) is 54.4 Å². The van der Waals surface area contributed by atoms with Crippen molar-refractivity contribution in [1.29, 1.82) is 0 Å². The molecule has 1 saturated heterocycles. The monoisotopic (exact) mass is 426 g/mol. The minimum absolute atomic E-state index is 0.232. The zero-order chi connectivity index (χ0) is 22.1. The van der Waals surface area contributed by atoms with E-state index in [1.165, 1.54) is 5.69 Å². The van der Waals surface area contributed by atoms with Crippen molar-refractivity contribution < 1.29 is 19.3 Å². The Bertz CT molecular complexity index is 825. The average molecular weight is 427 g/mol. The number of methoxy groups -OCH3 is 2. The second-order valence-corrected chi connectivity index (χ2v) is 7.78. The van der Waals surface area contributed by atoms with Crippen molar-refractivity contribution in [2.75, 3.05) is 58.5 Å². The van der Waals surface area contributed by atoms with E-state index < -0.39 is 6.10 Å². The quantitative estimate of drug-likeness (QED) is 0.588. The third kappa shape index (κ3) is 6.64. The number of β-amino-alcohol motifs (C(OH)–C–C–N with tert-alkyl or cyclic N) is 1. The molecular formula is C25H34N2O4. The van der Waals surface area contributed by atoms with Gasteiger partial charge in [-0.2, -0.15) is 0 Å². The van der Waals surface area contributed by atoms with Crippen molar-refractivity contribution in [3.63, 3.8) is 0 Å². The number of benzene rings is 2. The van der Waals surface area contributed by atoms with E-state index in [0.717, 1.165) is 50.3 Å². The van der Waals surface area contributed by atoms with Gasteiger partial charge in [0.1, 0.15) is 18.5 Å². The van der Waals surface area contributed by atoms with E-state index in [2.05, 4.69) is 28.5 Å². The number of rotatable bonds is 10. The number of hydrogen-bond acceptors (Lipinski definition) is 6. The molecule has 2 aromatic carbocycles. The molecule has 6 nitrogen and oxygen atoms in total. The van der Waals surface area contributed by atoms with E-state index in [4.69, 9.17) is 14.2 Å². The van der Waals surface area contributed by atoms with E-state index in [0.29, 0.717) is 18.0 Å². The van der Waals surface area contributed by atoms with E-state index in [1.807, 2.05) is 36.4 Å². The standard InChI is InChI=1S/C25H34N2O4/c1-4-6-20-7-12-24(25(17-20)30-3)31-19-22(28)18-26-13-5-14-27(16-15-26)21-8-10-23(29-2)11-9-21/h4,7-12,17,22,28H,1,5-6,13-16,18-19H2,2-3H3. The largest absolute Gasteiger partial charge is 0.497 e. The van der Waals surface area contributed by atoms with Gasteiger partial charge in [-0.15, -0.1) is 6.58 Å². The number of anilines is 1. The molecular weight excluding hydrogens is 392 g/mol. The van der Waals surface area contributed by atoms with Crippen LogP contribution < -0.4 is 19.1 Å². The van der Waals surface area contributed by atoms with Crippen molar-refractivity contribution in [1.82, 2.24) is 4.90 Å². The molecule has 6 heteroatoms. The lowest BCUT2D eigenvalue weighted by Gasteiger charge is -2.25. The molecule has 0 aliphatic carbocycles. The number of aliphatic hydroxyl groups is 1. The maximum atomic E-state index is 10.5. The molecule has 1 atom stereocenters. The second-order valence-electron chi connectivity index (χ2n) is 7.78. The summed E-state index contributed by atoms with van der Waals surface area (Å²) in [5, 5.41) is 10.5. The Labute approximate surface area is 185 Å². The number of aliphatic hydroxyl groups excluding tert-OH is 1. The van der Waals surface area contributed by atoms with Crippen LogP contribution in [-0.2, 0) is 6.42 Å². The normalized spacial score (nSPS) is 15.8. The van der Waals surface area contributed by atoms with Gasteiger partial charge in [0.15, 0.2) is 11.5 Å². The van der Waals surface area contributed by atoms with Crippen LogP contribution in [0.1, 0.15) is 12.0 Å². The molecule has 0 saturated carbocycles. The van der Waals surface area contributed by atoms with E-state index in [9.17, 15) is 5.11 Å². The summed E-state index contributed by atoms with van der Waals surface area (Å²) in [6.45, 7) is 8.39. The SMILES string of the molecule is C=CCc1ccc(OCC(O)CN2CCCN(c3ccc(OC)cc3)CC2)c(OC)c1. The molecule has 1 aliphatic heterocycles. The van der Waals surface area contributed by atoms with Crippen LogP contribution >= 0.6 is 0 Å². The first-order valence-corrected chi connectivity index (χ1v) is 10.8. The summed E-state index contributed by atoms with van der Waals surface area (Å²) in [6, 6.07) is 14.0. The molecule has 168 valence electrons. The maximum absolute atomic E-state index is 10.5. The van der Waals surface area contributed by atoms with Gasteiger partial charge < -0.3 is 24.2 Å². The number of ether oxygens (including phenoxy) is 3. The van der Waals surface area contributed by atoms with Crippen LogP contribution in [0.15, 0.2) is 55.1 Å². The lowest BCUT2D eigenvalue weighted by molar-refractivity contribution is 0.0694. The Balaban J connectivity index is 1.48. The molecule has 2 aromatic rings. The summed E-state index contributed by atoms with van der Waals surface area (Å²) < 4.78 is 16.5. The average Bonchev–Trinajstić information content (AvgIpc) is 3.04. The van der Waals surface area contributed by atoms with Gasteiger partial charge in [0, 0.05) is 31.9 Å². The first-order chi connectivity index (χ1) is 15.1. The van der Waals surface area contributed by atoms with Gasteiger partial charge in [-0.3, -0.25) is 4.90 Å². The van der Waals surface area contributed by atoms with Crippen LogP contribution in [0.2, 0.25) is 0 Å². The fraction of sp³-hybridized carbons (Fsp3) is 0.440. The fourth-order valence-corrected chi connectivity index (χ4v) is 3.87. The van der Waals surface area contributed by atoms with E-state index >= 15 is 0 Å². The summed E-state index contributed by atoms with van der Waals surface area (Å²) in [4.78, 5) is 4.69. The smallest absolute Gasteiger partial charge is 0.161 e. The Morgan fingerprint density at radius 1 is 1.00 bits per heavy atom. The Hall–Kier alpha value is -2.70. The molecule has 1 N–H and O–H groups in total. The molecule has 0 aromatic heterocycles. The van der Waals surface area contributed by atoms with E-state index in [-0.39, 0.29) is 6.61 Å². The number of allylic oxidation sites excluding steroid dienone is 1. The summed E-state index contributed by atoms with van der Waals surface area (Å²) >= 11 is 0. The summed E-state index contributed by atoms with van der Waals surface area (Å²) in [7, 11) is 3.31. The van der Waals surface area contributed by atoms with Crippen LogP contribution in [-0.4, -0.2) is 69.7 Å². The summed E-state index contributed by atoms with van der Waals surface area (Å²) in [6.07, 6.45) is 3.13. The highest BCUT2D eigenvalue weighted by atomic mass is 16.5. The minimum atomic E-state index is -0.565. The van der Waals surface area contributed by atoms with Gasteiger partial charge in [-0.1, -0.05) is 12.1 Å². The highest BCUT2D eigenvalue weighted by molar-refractivity contribution is 5.49. The molecule has 0 radical (unpaired) electrons. The van der Waals surface area contributed by atoms with Crippen molar-refractivity contribution in [2.45, 2.75) is 18.9 Å². The highest BCUT2D eigenvalue weighted by Gasteiger charge is 2.18. The third-order valence-corrected chi connectivity index (χ3v) is 5.53. The van der Waals surface area contributed by atoms with Gasteiger partial charge in [0.05, 0.1) is 14.2 Å². The van der Waals surface area contributed by atoms with Crippen molar-refractivity contribution >= 4 is 5.69 Å². The first-order valence-electron chi connectivity index (χ1n) is 10.8. The Morgan fingerprint density at radius 3 is 2.52 bits per heavy atom. The Kier molecular flexibility index (Phi) is 8.62. The van der Waals surface area contributed by atoms with Crippen molar-refractivity contribution in [2.24, 2.45) is 0 Å². The molecule has 1 unspecified atom stereocenters. The summed E-state index contributed by atoms with van der Waals surface area (Å²) in [5.74, 6) is 2.20. The predicted molar refractivity (Wildman–Crippen MR) is 125 cm³/mol. The van der Waals surface area contributed by atoms with Crippen LogP contribution in [0.4, 0.5) is 5.69 Å². The maximum Gasteiger partial charge on any atom is 0.161 e. The van der Waals surface area contributed by atoms with Gasteiger partial charge >= 0.3 is 0 Å². The fourth-order valence-electron chi connectivity index (χ4n) is 3.87. The molecule has 31 heavy (non-hydrogen) atoms. The van der Waals surface area contributed by atoms with Gasteiger partial charge in [0.2, 0.25) is 0 Å². The van der Waals surface area contributed by atoms with Crippen LogP contribution in [0, 0.1) is 0 Å². The zero-order valence-corrected chi connectivity index (χ0v) is 18.6. The van der Waals surface area contributed by atoms with Gasteiger partial charge in [-0.25, -0.2) is 0 Å². The van der Waals surface area contributed by atoms with Gasteiger partial charge in [0.25, 0.3) is 0 Å². The molecule has 0 spiro atoms. The second kappa shape index (κ2) is 11.6. The minimum Gasteiger partial charge on any atom is -0.497 e. The van der Waals surface area contributed by atoms with Crippen LogP contribution in [0.5, 0.6) is 17.2 Å². The van der Waals surface area contributed by atoms with Crippen molar-refractivity contribution in [3.05, 3.63) is 60.7 Å².